The minimum atomic E-state index is -1.51. The van der Waals surface area contributed by atoms with Crippen molar-refractivity contribution in [1.29, 1.82) is 0 Å². The van der Waals surface area contributed by atoms with Crippen LogP contribution in [0.4, 0.5) is 0 Å². The molecule has 1 saturated heterocycles. The summed E-state index contributed by atoms with van der Waals surface area (Å²) >= 11 is 0. The quantitative estimate of drug-likeness (QED) is 0.0622. The van der Waals surface area contributed by atoms with Crippen LogP contribution in [-0.4, -0.2) is 113 Å². The van der Waals surface area contributed by atoms with Crippen LogP contribution in [0, 0.1) is 17.3 Å². The fraction of sp³-hybridized carbons (Fsp3) is 0.659. The van der Waals surface area contributed by atoms with Crippen LogP contribution in [0.3, 0.4) is 0 Å². The summed E-state index contributed by atoms with van der Waals surface area (Å²) in [5, 5.41) is 23.9. The van der Waals surface area contributed by atoms with Gasteiger partial charge in [-0.05, 0) is 115 Å². The number of nitrogens with one attached hydrogen (secondary N) is 5. The number of aryl methyl sites for hydroxylation is 1. The molecule has 6 rings (SSSR count). The van der Waals surface area contributed by atoms with Gasteiger partial charge in [-0.2, -0.15) is 0 Å². The van der Waals surface area contributed by atoms with Crippen LogP contribution < -0.4 is 38.1 Å². The van der Waals surface area contributed by atoms with Gasteiger partial charge in [0.1, 0.15) is 24.2 Å². The molecule has 3 saturated carbocycles. The Morgan fingerprint density at radius 2 is 1.48 bits per heavy atom. The van der Waals surface area contributed by atoms with Gasteiger partial charge in [-0.1, -0.05) is 51.5 Å². The monoisotopic (exact) mass is 862 g/mol. The Kier molecular flexibility index (Phi) is 16.6. The summed E-state index contributed by atoms with van der Waals surface area (Å²) in [5.74, 6) is -2.52. The summed E-state index contributed by atoms with van der Waals surface area (Å²) in [5.41, 5.74) is 13.3. The summed E-state index contributed by atoms with van der Waals surface area (Å²) < 4.78 is 12.9. The predicted molar refractivity (Wildman–Crippen MR) is 235 cm³/mol. The summed E-state index contributed by atoms with van der Waals surface area (Å²) in [6.07, 6.45) is 7.94. The number of unbranched alkanes of at least 4 members (excludes halogenated alkanes) is 2. The van der Waals surface area contributed by atoms with E-state index in [1.165, 1.54) is 31.8 Å². The molecular formula is C44H68BN9O8. The lowest BCUT2D eigenvalue weighted by Crippen LogP contribution is -2.65. The minimum Gasteiger partial charge on any atom is -0.404 e. The molecule has 0 radical (unpaired) electrons. The highest BCUT2D eigenvalue weighted by molar-refractivity contribution is 6.47. The Morgan fingerprint density at radius 1 is 0.823 bits per heavy atom. The zero-order valence-electron chi connectivity index (χ0n) is 37.4. The number of aromatic nitrogens is 2. The fourth-order valence-electron chi connectivity index (χ4n) is 9.07. The fourth-order valence-corrected chi connectivity index (χ4v) is 9.07. The number of aliphatic hydroxyl groups is 1. The van der Waals surface area contributed by atoms with E-state index >= 15 is 0 Å². The van der Waals surface area contributed by atoms with Crippen LogP contribution in [-0.2, 0) is 34.9 Å². The molecule has 1 aromatic carbocycles. The second-order valence-corrected chi connectivity index (χ2v) is 18.1. The molecule has 3 aliphatic carbocycles. The number of nitrogens with two attached hydrogens (primary N) is 2. The SMILES string of the molecule is CCCCc1ccc(-c2ncc(C(=O)N[C@@H](CCN)C(=O)NC(C(=O)N[C@@H](C)C(=O)N[C@@H](CCCCN)C(=O)N[C@@H](C)B3O[C@@H]4C[C@@H]5C[C@@H](C5(C)C)[C@]4(C)O3)[C@@H](C)O)cn2)cc1. The molecule has 5 amide bonds. The van der Waals surface area contributed by atoms with Crippen LogP contribution in [0.25, 0.3) is 11.4 Å². The highest BCUT2D eigenvalue weighted by Gasteiger charge is 2.68. The summed E-state index contributed by atoms with van der Waals surface area (Å²) in [6.45, 7) is 13.8. The van der Waals surface area contributed by atoms with Gasteiger partial charge in [-0.25, -0.2) is 9.97 Å². The minimum absolute atomic E-state index is 0.0120. The predicted octanol–water partition coefficient (Wildman–Crippen LogP) is 1.69. The van der Waals surface area contributed by atoms with E-state index in [9.17, 15) is 29.1 Å². The molecule has 1 aliphatic heterocycles. The summed E-state index contributed by atoms with van der Waals surface area (Å²) in [7, 11) is -0.655. The van der Waals surface area contributed by atoms with Crippen molar-refractivity contribution in [2.24, 2.45) is 28.7 Å². The number of nitrogens with zero attached hydrogens (tertiary/aromatic N) is 2. The lowest BCUT2D eigenvalue weighted by atomic mass is 9.43. The van der Waals surface area contributed by atoms with Crippen LogP contribution >= 0.6 is 0 Å². The maximum atomic E-state index is 13.7. The van der Waals surface area contributed by atoms with Gasteiger partial charge in [0.05, 0.1) is 29.3 Å². The van der Waals surface area contributed by atoms with Crippen molar-refractivity contribution in [3.63, 3.8) is 0 Å². The molecule has 18 heteroatoms. The second kappa shape index (κ2) is 21.3. The van der Waals surface area contributed by atoms with Crippen molar-refractivity contribution in [1.82, 2.24) is 36.6 Å². The van der Waals surface area contributed by atoms with E-state index < -0.39 is 78.5 Å². The first-order chi connectivity index (χ1) is 29.4. The molecule has 2 heterocycles. The van der Waals surface area contributed by atoms with Crippen molar-refractivity contribution in [2.75, 3.05) is 13.1 Å². The zero-order valence-corrected chi connectivity index (χ0v) is 37.4. The molecular weight excluding hydrogens is 793 g/mol. The van der Waals surface area contributed by atoms with E-state index in [1.54, 1.807) is 0 Å². The Morgan fingerprint density at radius 3 is 2.10 bits per heavy atom. The normalized spacial score (nSPS) is 23.9. The third-order valence-corrected chi connectivity index (χ3v) is 13.2. The molecule has 10 N–H and O–H groups in total. The largest absolute Gasteiger partial charge is 0.481 e. The van der Waals surface area contributed by atoms with Gasteiger partial charge in [0.15, 0.2) is 5.82 Å². The standard InChI is InChI=1S/C44H68BN9O8/c1-8-9-12-28-14-16-29(17-15-28)37-48-23-30(24-49-37)39(57)53-33(18-20-47)41(59)54-36(26(3)55)42(60)50-25(2)38(56)52-32(13-10-11-19-46)40(58)51-27(4)45-61-35-22-31-21-34(43(31,5)6)44(35,7)62-45/h14-17,23-27,31-36,55H,8-13,18-22,46-47H2,1-7H3,(H,50,60)(H,51,58)(H,52,56)(H,53,57)(H,54,59)/t25-,26+,27-,31-,32-,33-,34-,35+,36?,44-/m0/s1. The first kappa shape index (κ1) is 48.5. The molecule has 2 bridgehead atoms. The van der Waals surface area contributed by atoms with Crippen molar-refractivity contribution >= 4 is 36.7 Å². The van der Waals surface area contributed by atoms with Gasteiger partial charge in [-0.3, -0.25) is 24.0 Å². The second-order valence-electron chi connectivity index (χ2n) is 18.1. The number of rotatable bonds is 22. The highest BCUT2D eigenvalue weighted by atomic mass is 16.7. The Balaban J connectivity index is 1.15. The zero-order chi connectivity index (χ0) is 45.4. The van der Waals surface area contributed by atoms with Gasteiger partial charge in [0, 0.05) is 18.0 Å². The van der Waals surface area contributed by atoms with Gasteiger partial charge in [-0.15, -0.1) is 0 Å². The molecule has 1 aromatic heterocycles. The third-order valence-electron chi connectivity index (χ3n) is 13.2. The summed E-state index contributed by atoms with van der Waals surface area (Å²) in [6, 6.07) is 3.09. The number of benzene rings is 1. The lowest BCUT2D eigenvalue weighted by molar-refractivity contribution is -0.199. The van der Waals surface area contributed by atoms with Crippen molar-refractivity contribution in [2.45, 2.75) is 154 Å². The van der Waals surface area contributed by atoms with Crippen molar-refractivity contribution in [3.05, 3.63) is 47.8 Å². The van der Waals surface area contributed by atoms with Crippen LogP contribution in [0.2, 0.25) is 0 Å². The van der Waals surface area contributed by atoms with Gasteiger partial charge in [0.25, 0.3) is 5.91 Å². The van der Waals surface area contributed by atoms with Gasteiger partial charge in [0.2, 0.25) is 23.6 Å². The topological polar surface area (TPSA) is 262 Å². The van der Waals surface area contributed by atoms with E-state index in [1.807, 2.05) is 31.2 Å². The van der Waals surface area contributed by atoms with Crippen LogP contribution in [0.5, 0.6) is 0 Å². The number of amides is 5. The smallest absolute Gasteiger partial charge is 0.404 e. The number of hydrogen-bond donors (Lipinski definition) is 8. The molecule has 2 aromatic rings. The molecule has 340 valence electrons. The number of carbonyl (C=O) groups excluding carboxylic acids is 5. The third kappa shape index (κ3) is 11.4. The lowest BCUT2D eigenvalue weighted by Gasteiger charge is -2.64. The van der Waals surface area contributed by atoms with E-state index in [-0.39, 0.29) is 36.5 Å². The van der Waals surface area contributed by atoms with Crippen molar-refractivity contribution < 1.29 is 38.4 Å². The molecule has 0 spiro atoms. The number of carbonyl (C=O) groups is 5. The first-order valence-electron chi connectivity index (χ1n) is 22.3. The molecule has 4 aliphatic rings. The number of aliphatic hydroxyl groups excluding tert-OH is 1. The average Bonchev–Trinajstić information content (AvgIpc) is 3.61. The maximum absolute atomic E-state index is 13.7. The average molecular weight is 862 g/mol. The Labute approximate surface area is 365 Å². The van der Waals surface area contributed by atoms with Gasteiger partial charge < -0.3 is 52.5 Å². The maximum Gasteiger partial charge on any atom is 0.481 e. The van der Waals surface area contributed by atoms with E-state index in [0.717, 1.165) is 37.7 Å². The molecule has 62 heavy (non-hydrogen) atoms. The van der Waals surface area contributed by atoms with Crippen LogP contribution in [0.1, 0.15) is 116 Å². The Bertz CT molecular complexity index is 1870. The van der Waals surface area contributed by atoms with E-state index in [4.69, 9.17) is 20.8 Å². The molecule has 17 nitrogen and oxygen atoms in total. The molecule has 10 atom stereocenters. The Hall–Kier alpha value is -4.49. The first-order valence-corrected chi connectivity index (χ1v) is 22.3. The van der Waals surface area contributed by atoms with Crippen LogP contribution in [0.15, 0.2) is 36.7 Å². The van der Waals surface area contributed by atoms with E-state index in [2.05, 4.69) is 64.2 Å². The molecule has 4 fully saturated rings. The number of hydrogen-bond acceptors (Lipinski definition) is 12. The molecule has 1 unspecified atom stereocenters. The van der Waals surface area contributed by atoms with Gasteiger partial charge >= 0.3 is 7.12 Å². The highest BCUT2D eigenvalue weighted by Crippen LogP contribution is 2.65. The van der Waals surface area contributed by atoms with Crippen molar-refractivity contribution in [3.8, 4) is 11.4 Å². The summed E-state index contributed by atoms with van der Waals surface area (Å²) in [4.78, 5) is 76.0. The van der Waals surface area contributed by atoms with E-state index in [0.29, 0.717) is 37.0 Å².